The predicted molar refractivity (Wildman–Crippen MR) is 56.6 cm³/mol. The Morgan fingerprint density at radius 2 is 2.27 bits per heavy atom. The zero-order valence-corrected chi connectivity index (χ0v) is 8.99. The molecule has 15 heavy (non-hydrogen) atoms. The molecule has 0 spiro atoms. The number of aliphatic imine (C=N–C) groups is 1. The van der Waals surface area contributed by atoms with E-state index in [-0.39, 0.29) is 0 Å². The maximum absolute atomic E-state index is 5.01. The first-order valence-corrected chi connectivity index (χ1v) is 5.41. The van der Waals surface area contributed by atoms with Crippen LogP contribution in [0.5, 0.6) is 0 Å². The van der Waals surface area contributed by atoms with Gasteiger partial charge in [-0.05, 0) is 19.8 Å². The molecule has 5 nitrogen and oxygen atoms in total. The fraction of sp³-hybridized carbons (Fsp3) is 0.700. The van der Waals surface area contributed by atoms with Crippen LogP contribution in [0.25, 0.3) is 0 Å². The average Bonchev–Trinajstić information content (AvgIpc) is 2.52. The van der Waals surface area contributed by atoms with E-state index in [1.54, 1.807) is 0 Å². The zero-order chi connectivity index (χ0) is 10.5. The molecule has 1 aromatic rings. The minimum absolute atomic E-state index is 0.583. The molecular weight excluding hydrogens is 192 g/mol. The minimum Gasteiger partial charge on any atom is -0.365 e. The summed E-state index contributed by atoms with van der Waals surface area (Å²) in [5.41, 5.74) is 0. The van der Waals surface area contributed by atoms with E-state index in [9.17, 15) is 0 Å². The molecule has 2 rings (SSSR count). The number of aryl methyl sites for hydroxylation is 1. The van der Waals surface area contributed by atoms with Crippen LogP contribution in [0.4, 0.5) is 0 Å². The Morgan fingerprint density at radius 1 is 1.33 bits per heavy atom. The van der Waals surface area contributed by atoms with Gasteiger partial charge >= 0.3 is 0 Å². The quantitative estimate of drug-likeness (QED) is 0.798. The van der Waals surface area contributed by atoms with Gasteiger partial charge in [-0.1, -0.05) is 11.6 Å². The SMILES string of the molecule is Cc1noc(CNC2=NCCCCC2)n1. The highest BCUT2D eigenvalue weighted by atomic mass is 16.5. The molecule has 0 bridgehead atoms. The normalized spacial score (nSPS) is 17.0. The van der Waals surface area contributed by atoms with Crippen molar-refractivity contribution in [3.8, 4) is 0 Å². The molecule has 5 heteroatoms. The van der Waals surface area contributed by atoms with Gasteiger partial charge in [0.2, 0.25) is 5.89 Å². The van der Waals surface area contributed by atoms with Gasteiger partial charge in [-0.25, -0.2) is 0 Å². The van der Waals surface area contributed by atoms with E-state index >= 15 is 0 Å². The molecule has 82 valence electrons. The molecule has 0 atom stereocenters. The van der Waals surface area contributed by atoms with E-state index in [4.69, 9.17) is 4.52 Å². The van der Waals surface area contributed by atoms with E-state index in [2.05, 4.69) is 20.4 Å². The number of nitrogens with zero attached hydrogens (tertiary/aromatic N) is 3. The standard InChI is InChI=1S/C10H16N4O/c1-8-13-10(15-14-8)7-12-9-5-3-2-4-6-11-9/h2-7H2,1H3,(H,11,12). The van der Waals surface area contributed by atoms with Crippen molar-refractivity contribution < 1.29 is 4.52 Å². The molecule has 1 N–H and O–H groups in total. The van der Waals surface area contributed by atoms with Crippen LogP contribution in [0.1, 0.15) is 37.4 Å². The third kappa shape index (κ3) is 3.04. The van der Waals surface area contributed by atoms with Crippen molar-refractivity contribution in [2.75, 3.05) is 6.54 Å². The third-order valence-corrected chi connectivity index (χ3v) is 2.39. The summed E-state index contributed by atoms with van der Waals surface area (Å²) in [7, 11) is 0. The van der Waals surface area contributed by atoms with Crippen LogP contribution < -0.4 is 5.32 Å². The largest absolute Gasteiger partial charge is 0.365 e. The second-order valence-corrected chi connectivity index (χ2v) is 3.73. The lowest BCUT2D eigenvalue weighted by Gasteiger charge is -2.04. The summed E-state index contributed by atoms with van der Waals surface area (Å²) in [6, 6.07) is 0. The van der Waals surface area contributed by atoms with Crippen molar-refractivity contribution in [3.05, 3.63) is 11.7 Å². The molecule has 0 aromatic carbocycles. The number of rotatable bonds is 2. The van der Waals surface area contributed by atoms with Crippen molar-refractivity contribution in [2.45, 2.75) is 39.2 Å². The Morgan fingerprint density at radius 3 is 3.07 bits per heavy atom. The molecule has 0 saturated carbocycles. The van der Waals surface area contributed by atoms with Crippen LogP contribution in [0.15, 0.2) is 9.52 Å². The Kier molecular flexibility index (Phi) is 3.32. The van der Waals surface area contributed by atoms with Gasteiger partial charge in [0, 0.05) is 13.0 Å². The first-order valence-electron chi connectivity index (χ1n) is 5.41. The number of hydrogen-bond donors (Lipinski definition) is 1. The highest BCUT2D eigenvalue weighted by molar-refractivity contribution is 5.82. The third-order valence-electron chi connectivity index (χ3n) is 2.39. The summed E-state index contributed by atoms with van der Waals surface area (Å²) in [6.07, 6.45) is 4.72. The zero-order valence-electron chi connectivity index (χ0n) is 8.99. The van der Waals surface area contributed by atoms with Crippen LogP contribution in [-0.4, -0.2) is 22.5 Å². The monoisotopic (exact) mass is 208 g/mol. The summed E-state index contributed by atoms with van der Waals surface area (Å²) >= 11 is 0. The van der Waals surface area contributed by atoms with Crippen molar-refractivity contribution in [1.82, 2.24) is 15.5 Å². The topological polar surface area (TPSA) is 63.3 Å². The van der Waals surface area contributed by atoms with Gasteiger partial charge < -0.3 is 9.84 Å². The maximum Gasteiger partial charge on any atom is 0.245 e. The van der Waals surface area contributed by atoms with Gasteiger partial charge in [0.05, 0.1) is 12.4 Å². The second kappa shape index (κ2) is 4.91. The number of nitrogens with one attached hydrogen (secondary N) is 1. The van der Waals surface area contributed by atoms with E-state index in [0.717, 1.165) is 18.8 Å². The molecule has 0 radical (unpaired) electrons. The second-order valence-electron chi connectivity index (χ2n) is 3.73. The summed E-state index contributed by atoms with van der Waals surface area (Å²) in [4.78, 5) is 8.58. The van der Waals surface area contributed by atoms with Crippen LogP contribution in [0, 0.1) is 6.92 Å². The molecular formula is C10H16N4O. The highest BCUT2D eigenvalue weighted by Gasteiger charge is 2.06. The fourth-order valence-corrected chi connectivity index (χ4v) is 1.61. The molecule has 1 aliphatic rings. The first kappa shape index (κ1) is 10.1. The van der Waals surface area contributed by atoms with Gasteiger partial charge in [-0.3, -0.25) is 4.99 Å². The van der Waals surface area contributed by atoms with Gasteiger partial charge in [0.25, 0.3) is 0 Å². The highest BCUT2D eigenvalue weighted by Crippen LogP contribution is 2.06. The summed E-state index contributed by atoms with van der Waals surface area (Å²) in [6.45, 7) is 3.33. The Bertz CT molecular complexity index is 345. The van der Waals surface area contributed by atoms with E-state index in [0.29, 0.717) is 18.3 Å². The summed E-state index contributed by atoms with van der Waals surface area (Å²) < 4.78 is 5.01. The maximum atomic E-state index is 5.01. The smallest absolute Gasteiger partial charge is 0.245 e. The van der Waals surface area contributed by atoms with Gasteiger partial charge in [0.1, 0.15) is 0 Å². The van der Waals surface area contributed by atoms with Crippen molar-refractivity contribution in [3.63, 3.8) is 0 Å². The Hall–Kier alpha value is -1.39. The fourth-order valence-electron chi connectivity index (χ4n) is 1.61. The lowest BCUT2D eigenvalue weighted by atomic mass is 10.2. The molecule has 0 fully saturated rings. The molecule has 1 aliphatic heterocycles. The minimum atomic E-state index is 0.583. The van der Waals surface area contributed by atoms with Crippen LogP contribution in [-0.2, 0) is 6.54 Å². The average molecular weight is 208 g/mol. The molecule has 2 heterocycles. The molecule has 0 saturated heterocycles. The van der Waals surface area contributed by atoms with Crippen molar-refractivity contribution in [2.24, 2.45) is 4.99 Å². The van der Waals surface area contributed by atoms with Crippen molar-refractivity contribution >= 4 is 5.84 Å². The lowest BCUT2D eigenvalue weighted by Crippen LogP contribution is -2.22. The molecule has 0 amide bonds. The van der Waals surface area contributed by atoms with Gasteiger partial charge in [0.15, 0.2) is 5.82 Å². The number of amidine groups is 1. The Labute approximate surface area is 89.0 Å². The van der Waals surface area contributed by atoms with E-state index in [1.807, 2.05) is 6.92 Å². The van der Waals surface area contributed by atoms with Crippen LogP contribution in [0.3, 0.4) is 0 Å². The van der Waals surface area contributed by atoms with Crippen molar-refractivity contribution in [1.29, 1.82) is 0 Å². The predicted octanol–water partition coefficient (Wildman–Crippen LogP) is 1.44. The first-order chi connectivity index (χ1) is 7.34. The summed E-state index contributed by atoms with van der Waals surface area (Å²) in [5.74, 6) is 2.37. The molecule has 0 unspecified atom stereocenters. The van der Waals surface area contributed by atoms with Crippen LogP contribution in [0.2, 0.25) is 0 Å². The van der Waals surface area contributed by atoms with Gasteiger partial charge in [-0.15, -0.1) is 0 Å². The van der Waals surface area contributed by atoms with E-state index < -0.39 is 0 Å². The molecule has 1 aromatic heterocycles. The van der Waals surface area contributed by atoms with Crippen LogP contribution >= 0.6 is 0 Å². The summed E-state index contributed by atoms with van der Waals surface area (Å²) in [5, 5.41) is 6.98. The van der Waals surface area contributed by atoms with E-state index in [1.165, 1.54) is 19.3 Å². The van der Waals surface area contributed by atoms with Gasteiger partial charge in [-0.2, -0.15) is 4.98 Å². The number of aromatic nitrogens is 2. The lowest BCUT2D eigenvalue weighted by molar-refractivity contribution is 0.371. The Balaban J connectivity index is 1.84. The number of hydrogen-bond acceptors (Lipinski definition) is 5. The molecule has 0 aliphatic carbocycles.